The molecule has 0 saturated heterocycles. The summed E-state index contributed by atoms with van der Waals surface area (Å²) >= 11 is 0. The van der Waals surface area contributed by atoms with Gasteiger partial charge in [0.25, 0.3) is 0 Å². The van der Waals surface area contributed by atoms with Crippen molar-refractivity contribution in [2.45, 2.75) is 32.6 Å². The molecule has 0 spiro atoms. The van der Waals surface area contributed by atoms with Gasteiger partial charge in [0, 0.05) is 38.9 Å². The molecule has 0 amide bonds. The van der Waals surface area contributed by atoms with Gasteiger partial charge in [-0.05, 0) is 152 Å². The molecule has 12 rings (SSSR count). The first-order valence-corrected chi connectivity index (χ1v) is 23.3. The average molecular weight is 847 g/mol. The summed E-state index contributed by atoms with van der Waals surface area (Å²) in [5, 5.41) is 2.60. The highest BCUT2D eigenvalue weighted by Gasteiger charge is 2.40. The lowest BCUT2D eigenvalue weighted by Gasteiger charge is -2.27. The molecule has 2 nitrogen and oxygen atoms in total. The number of benzene rings is 9. The molecule has 0 fully saturated rings. The van der Waals surface area contributed by atoms with Crippen molar-refractivity contribution in [3.8, 4) is 50.2 Å². The van der Waals surface area contributed by atoms with Crippen molar-refractivity contribution in [2.24, 2.45) is 5.92 Å². The van der Waals surface area contributed by atoms with E-state index >= 15 is 0 Å². The van der Waals surface area contributed by atoms with E-state index in [4.69, 9.17) is 0 Å². The average Bonchev–Trinajstić information content (AvgIpc) is 3.81. The molecule has 2 aliphatic rings. The minimum absolute atomic E-state index is 0.0428. The Hall–Kier alpha value is -7.94. The van der Waals surface area contributed by atoms with E-state index in [1.165, 1.54) is 88.7 Å². The van der Waals surface area contributed by atoms with Crippen molar-refractivity contribution in [1.29, 1.82) is 0 Å². The van der Waals surface area contributed by atoms with Gasteiger partial charge in [-0.1, -0.05) is 179 Å². The lowest BCUT2D eigenvalue weighted by Crippen LogP contribution is -2.17. The fraction of sp³-hybridized carbons (Fsp3) is 0.0938. The number of para-hydroxylation sites is 1. The summed E-state index contributed by atoms with van der Waals surface area (Å²) in [6.07, 6.45) is 6.10. The van der Waals surface area contributed by atoms with Crippen LogP contribution in [0.5, 0.6) is 0 Å². The van der Waals surface area contributed by atoms with Gasteiger partial charge in [0.15, 0.2) is 0 Å². The van der Waals surface area contributed by atoms with E-state index < -0.39 is 0 Å². The maximum atomic E-state index is 2.52. The molecule has 0 N–H and O–H groups in total. The molecule has 2 heteroatoms. The molecule has 0 aliphatic heterocycles. The summed E-state index contributed by atoms with van der Waals surface area (Å²) in [5.74, 6) is 0.568. The first-order chi connectivity index (χ1) is 32.4. The predicted octanol–water partition coefficient (Wildman–Crippen LogP) is 17.6. The summed E-state index contributed by atoms with van der Waals surface area (Å²) in [6, 6.07) is 80.0. The Balaban J connectivity index is 0.910. The minimum Gasteiger partial charge on any atom is -0.310 e. The van der Waals surface area contributed by atoms with E-state index in [1.807, 2.05) is 0 Å². The molecular formula is C64H50N2. The van der Waals surface area contributed by atoms with Gasteiger partial charge in [-0.2, -0.15) is 0 Å². The maximum absolute atomic E-state index is 2.52. The van der Waals surface area contributed by atoms with Crippen molar-refractivity contribution < 1.29 is 0 Å². The maximum Gasteiger partial charge on any atom is 0.0544 e. The molecule has 9 aromatic carbocycles. The Morgan fingerprint density at radius 2 is 0.924 bits per heavy atom. The van der Waals surface area contributed by atoms with Gasteiger partial charge in [-0.3, -0.25) is 0 Å². The van der Waals surface area contributed by atoms with Crippen LogP contribution in [0.1, 0.15) is 38.3 Å². The van der Waals surface area contributed by atoms with Crippen LogP contribution in [0.2, 0.25) is 0 Å². The highest BCUT2D eigenvalue weighted by Crippen LogP contribution is 2.54. The van der Waals surface area contributed by atoms with Gasteiger partial charge in [0.05, 0.1) is 11.0 Å². The van der Waals surface area contributed by atoms with Crippen molar-refractivity contribution in [2.75, 3.05) is 4.90 Å². The smallest absolute Gasteiger partial charge is 0.0544 e. The Kier molecular flexibility index (Phi) is 9.57. The van der Waals surface area contributed by atoms with Gasteiger partial charge in [0.2, 0.25) is 0 Å². The summed E-state index contributed by atoms with van der Waals surface area (Å²) in [4.78, 5) is 2.39. The number of aromatic nitrogens is 1. The van der Waals surface area contributed by atoms with Crippen LogP contribution < -0.4 is 4.90 Å². The predicted molar refractivity (Wildman–Crippen MR) is 280 cm³/mol. The Labute approximate surface area is 388 Å². The largest absolute Gasteiger partial charge is 0.310 e. The normalized spacial score (nSPS) is 15.0. The first kappa shape index (κ1) is 39.6. The van der Waals surface area contributed by atoms with Crippen LogP contribution in [0.3, 0.4) is 0 Å². The van der Waals surface area contributed by atoms with Crippen molar-refractivity contribution in [3.63, 3.8) is 0 Å². The van der Waals surface area contributed by atoms with Gasteiger partial charge >= 0.3 is 0 Å². The highest BCUT2D eigenvalue weighted by atomic mass is 15.1. The van der Waals surface area contributed by atoms with Gasteiger partial charge in [-0.15, -0.1) is 0 Å². The van der Waals surface area contributed by atoms with Crippen LogP contribution in [0.15, 0.2) is 236 Å². The van der Waals surface area contributed by atoms with Gasteiger partial charge in [-0.25, -0.2) is 0 Å². The van der Waals surface area contributed by atoms with Gasteiger partial charge in [0.1, 0.15) is 0 Å². The van der Waals surface area contributed by atoms with Crippen LogP contribution in [0, 0.1) is 5.92 Å². The fourth-order valence-electron chi connectivity index (χ4n) is 10.7. The zero-order valence-corrected chi connectivity index (χ0v) is 37.6. The number of nitrogens with zero attached hydrogens (tertiary/aromatic N) is 2. The topological polar surface area (TPSA) is 8.17 Å². The Morgan fingerprint density at radius 3 is 1.53 bits per heavy atom. The second-order valence-electron chi connectivity index (χ2n) is 18.6. The second kappa shape index (κ2) is 15.9. The number of fused-ring (bicyclic) bond motifs is 6. The van der Waals surface area contributed by atoms with Crippen molar-refractivity contribution >= 4 is 44.4 Å². The Bertz CT molecular complexity index is 3450. The minimum atomic E-state index is -0.0428. The van der Waals surface area contributed by atoms with Crippen LogP contribution in [-0.4, -0.2) is 4.57 Å². The molecule has 1 unspecified atom stereocenters. The highest BCUT2D eigenvalue weighted by molar-refractivity contribution is 6.12. The summed E-state index contributed by atoms with van der Waals surface area (Å²) in [5.41, 5.74) is 22.1. The fourth-order valence-corrected chi connectivity index (χ4v) is 10.7. The van der Waals surface area contributed by atoms with Gasteiger partial charge < -0.3 is 9.47 Å². The third-order valence-electron chi connectivity index (χ3n) is 14.1. The number of anilines is 3. The second-order valence-corrected chi connectivity index (χ2v) is 18.6. The number of allylic oxidation sites excluding steroid dienone is 4. The van der Waals surface area contributed by atoms with Crippen LogP contribution in [-0.2, 0) is 5.41 Å². The molecule has 1 atom stereocenters. The molecule has 0 radical (unpaired) electrons. The number of hydrogen-bond donors (Lipinski definition) is 0. The molecule has 1 aromatic heterocycles. The van der Waals surface area contributed by atoms with Crippen LogP contribution in [0.4, 0.5) is 17.1 Å². The standard InChI is InChI=1S/C64H50N2/c1-43-30-35-56-58-41-59-57-28-10-11-29-62(57)66(63(59)42-61(58)64(2,3)60(56)36-43)52-33-31-46(32-34-52)47-20-12-21-48(37-47)51-24-15-27-55(40-51)65(53-25-13-22-49(38-53)44-16-6-4-7-17-44)54-26-14-23-50(39-54)45-18-8-5-9-19-45/h4-29,31-43H,30H2,1-3H3. The van der Waals surface area contributed by atoms with E-state index in [1.54, 1.807) is 0 Å². The van der Waals surface area contributed by atoms with Crippen molar-refractivity contribution in [1.82, 2.24) is 4.57 Å². The van der Waals surface area contributed by atoms with E-state index in [2.05, 4.69) is 261 Å². The van der Waals surface area contributed by atoms with E-state index in [9.17, 15) is 0 Å². The third kappa shape index (κ3) is 6.80. The number of rotatable bonds is 8. The van der Waals surface area contributed by atoms with Crippen LogP contribution >= 0.6 is 0 Å². The molecule has 2 aliphatic carbocycles. The molecule has 0 saturated carbocycles. The summed E-state index contributed by atoms with van der Waals surface area (Å²) in [6.45, 7) is 7.14. The molecular weight excluding hydrogens is 797 g/mol. The zero-order valence-electron chi connectivity index (χ0n) is 37.6. The van der Waals surface area contributed by atoms with E-state index in [0.717, 1.165) is 29.0 Å². The Morgan fingerprint density at radius 1 is 0.439 bits per heavy atom. The summed E-state index contributed by atoms with van der Waals surface area (Å²) < 4.78 is 2.47. The lowest BCUT2D eigenvalue weighted by molar-refractivity contribution is 0.633. The first-order valence-electron chi connectivity index (χ1n) is 23.3. The molecule has 1 heterocycles. The molecule has 0 bridgehead atoms. The van der Waals surface area contributed by atoms with Crippen LogP contribution in [0.25, 0.3) is 77.6 Å². The number of hydrogen-bond acceptors (Lipinski definition) is 1. The van der Waals surface area contributed by atoms with E-state index in [0.29, 0.717) is 5.92 Å². The monoisotopic (exact) mass is 846 g/mol. The summed E-state index contributed by atoms with van der Waals surface area (Å²) in [7, 11) is 0. The third-order valence-corrected chi connectivity index (χ3v) is 14.1. The lowest BCUT2D eigenvalue weighted by atomic mass is 9.79. The molecule has 66 heavy (non-hydrogen) atoms. The zero-order chi connectivity index (χ0) is 44.4. The SMILES string of the molecule is CC1C=C2C(=CC1)c1cc3c4ccccc4n(-c4ccc(-c5cccc(-c6cccc(N(c7cccc(-c8ccccc8)c7)c7cccc(-c8ccccc8)c7)c6)c5)cc4)c3cc1C2(C)C. The molecule has 10 aromatic rings. The molecule has 316 valence electrons. The quantitative estimate of drug-likeness (QED) is 0.148. The van der Waals surface area contributed by atoms with Crippen molar-refractivity contribution in [3.05, 3.63) is 247 Å². The van der Waals surface area contributed by atoms with E-state index in [-0.39, 0.29) is 5.41 Å².